The predicted molar refractivity (Wildman–Crippen MR) is 358 cm³/mol. The van der Waals surface area contributed by atoms with E-state index in [0.717, 1.165) is 0 Å². The summed E-state index contributed by atoms with van der Waals surface area (Å²) in [5.74, 6) is 0. The number of hydrogen-bond donors (Lipinski definition) is 0. The third kappa shape index (κ3) is 9.34. The second-order valence-corrected chi connectivity index (χ2v) is 72.3. The van der Waals surface area contributed by atoms with Crippen LogP contribution in [-0.4, -0.2) is 0 Å². The Morgan fingerprint density at radius 2 is 0.237 bits per heavy atom. The van der Waals surface area contributed by atoms with E-state index in [9.17, 15) is 0 Å². The molecule has 80 heavy (non-hydrogen) atoms. The Morgan fingerprint density at radius 3 is 0.312 bits per heavy atom. The fourth-order valence-corrected chi connectivity index (χ4v) is 175. The van der Waals surface area contributed by atoms with Crippen molar-refractivity contribution >= 4 is 105 Å². The van der Waals surface area contributed by atoms with E-state index in [4.69, 9.17) is 19.1 Å². The Hall–Kier alpha value is -5.74. The Morgan fingerprint density at radius 1 is 0.163 bits per heavy atom. The fraction of sp³-hybridized carbons (Fsp3) is 0. The van der Waals surface area contributed by atoms with Crippen molar-refractivity contribution in [2.45, 2.75) is 0 Å². The first-order valence-electron chi connectivity index (χ1n) is 26.8. The molecule has 0 saturated carbocycles. The summed E-state index contributed by atoms with van der Waals surface area (Å²) in [7, 11) is 9.63. The summed E-state index contributed by atoms with van der Waals surface area (Å²) in [6.07, 6.45) is 0. The van der Waals surface area contributed by atoms with E-state index in [0.29, 0.717) is 0 Å². The van der Waals surface area contributed by atoms with Crippen molar-refractivity contribution in [2.24, 2.45) is 0 Å². The molecule has 0 nitrogen and oxygen atoms in total. The van der Waals surface area contributed by atoms with Crippen molar-refractivity contribution in [3.05, 3.63) is 364 Å². The van der Waals surface area contributed by atoms with Gasteiger partial charge in [-0.25, -0.2) is 0 Å². The van der Waals surface area contributed by atoms with Crippen molar-refractivity contribution in [1.82, 2.24) is 0 Å². The molecule has 0 bridgehead atoms. The zero-order valence-corrected chi connectivity index (χ0v) is 52.7. The van der Waals surface area contributed by atoms with Crippen LogP contribution in [-0.2, 0) is 29.5 Å². The molecule has 0 amide bonds. The van der Waals surface area contributed by atoms with E-state index in [-0.39, 0.29) is 15.9 Å². The molecule has 0 N–H and O–H groups in total. The van der Waals surface area contributed by atoms with Crippen LogP contribution in [0.5, 0.6) is 0 Å². The first-order valence-corrected chi connectivity index (χ1v) is 47.4. The maximum absolute atomic E-state index is 4.81. The molecule has 0 aromatic heterocycles. The Bertz CT molecular complexity index is 2890. The first kappa shape index (κ1) is 56.1. The van der Waals surface area contributed by atoms with Gasteiger partial charge in [0.05, 0.1) is 0 Å². The first-order chi connectivity index (χ1) is 39.7. The summed E-state index contributed by atoms with van der Waals surface area (Å²) in [4.78, 5) is 0. The molecule has 406 valence electrons. The SMILES string of the molecule is [Cl][Pd][Cl].c1ccc([PH](c2ccccc2)(c2ccccc2)[Pd]([PH](c2ccccc2)(c2ccccc2)c2ccccc2)([PH](c2ccccc2)(c2ccccc2)c2ccccc2)[PH](c2ccccc2)(c2ccccc2)c2ccccc2)cc1. The van der Waals surface area contributed by atoms with Crippen molar-refractivity contribution < 1.29 is 29.5 Å². The Kier molecular flexibility index (Phi) is 18.3. The molecule has 0 unspecified atom stereocenters. The van der Waals surface area contributed by atoms with Crippen LogP contribution < -0.4 is 63.7 Å². The van der Waals surface area contributed by atoms with Crippen molar-refractivity contribution in [1.29, 1.82) is 0 Å². The second-order valence-electron chi connectivity index (χ2n) is 19.4. The summed E-state index contributed by atoms with van der Waals surface area (Å²) in [5.41, 5.74) is -15.7. The van der Waals surface area contributed by atoms with Crippen LogP contribution in [0.4, 0.5) is 0 Å². The summed E-state index contributed by atoms with van der Waals surface area (Å²) in [6.45, 7) is 0. The van der Waals surface area contributed by atoms with Crippen LogP contribution >= 0.6 is 40.9 Å². The molecule has 0 heterocycles. The van der Waals surface area contributed by atoms with E-state index in [1.165, 1.54) is 63.7 Å². The quantitative estimate of drug-likeness (QED) is 0.0668. The Balaban J connectivity index is 0.00000220. The topological polar surface area (TPSA) is 0 Å². The summed E-state index contributed by atoms with van der Waals surface area (Å²) in [5, 5.41) is 17.4. The standard InChI is InChI=1S/4C18H15P.2ClH.2Pd/c4*1-4-10-16(11-5-1)19(17-12-6-2-7-13-17)18-14-8-3-9-15-18;;;;/h4*1-15H;2*1H;;/q;;;;;;-4;+2/p+2. The van der Waals surface area contributed by atoms with Gasteiger partial charge in [-0.05, 0) is 0 Å². The number of hydrogen-bond acceptors (Lipinski definition) is 0. The normalized spacial score (nSPS) is 13.8. The van der Waals surface area contributed by atoms with Gasteiger partial charge in [0.25, 0.3) is 0 Å². The number of benzene rings is 12. The minimum absolute atomic E-state index is 0.106. The van der Waals surface area contributed by atoms with E-state index in [1.54, 1.807) is 0 Å². The molecule has 0 radical (unpaired) electrons. The molecule has 12 rings (SSSR count). The monoisotopic (exact) mass is 1330 g/mol. The van der Waals surface area contributed by atoms with E-state index >= 15 is 0 Å². The zero-order chi connectivity index (χ0) is 54.6. The second kappa shape index (κ2) is 26.0. The molecule has 0 saturated heterocycles. The van der Waals surface area contributed by atoms with Crippen molar-refractivity contribution in [3.8, 4) is 0 Å². The average molecular weight is 1340 g/mol. The van der Waals surface area contributed by atoms with Gasteiger partial charge in [0.2, 0.25) is 0 Å². The van der Waals surface area contributed by atoms with E-state index in [2.05, 4.69) is 364 Å². The van der Waals surface area contributed by atoms with Gasteiger partial charge in [0, 0.05) is 0 Å². The van der Waals surface area contributed by atoms with E-state index in [1.807, 2.05) is 0 Å². The Labute approximate surface area is 493 Å². The van der Waals surface area contributed by atoms with Gasteiger partial charge < -0.3 is 0 Å². The van der Waals surface area contributed by atoms with Crippen LogP contribution in [0.25, 0.3) is 0 Å². The average Bonchev–Trinajstić information content (AvgIpc) is 2.45. The van der Waals surface area contributed by atoms with Gasteiger partial charge in [-0.15, -0.1) is 0 Å². The molecular formula is C72H64Cl2P4Pd2. The van der Waals surface area contributed by atoms with Gasteiger partial charge in [-0.3, -0.25) is 0 Å². The molecule has 0 atom stereocenters. The van der Waals surface area contributed by atoms with Crippen molar-refractivity contribution in [3.63, 3.8) is 0 Å². The molecule has 0 aliphatic carbocycles. The third-order valence-corrected chi connectivity index (χ3v) is 119. The molecule has 8 heteroatoms. The van der Waals surface area contributed by atoms with Gasteiger partial charge >= 0.3 is 498 Å². The molecular weight excluding hydrogens is 1270 g/mol. The zero-order valence-electron chi connectivity index (χ0n) is 44.0. The van der Waals surface area contributed by atoms with Crippen molar-refractivity contribution in [2.75, 3.05) is 0 Å². The van der Waals surface area contributed by atoms with Gasteiger partial charge in [-0.1, -0.05) is 0 Å². The molecule has 12 aromatic rings. The summed E-state index contributed by atoms with van der Waals surface area (Å²) >= 11 is -4.63. The molecule has 12 aromatic carbocycles. The fourth-order valence-electron chi connectivity index (χ4n) is 12.6. The van der Waals surface area contributed by atoms with E-state index < -0.39 is 35.4 Å². The summed E-state index contributed by atoms with van der Waals surface area (Å²) < 4.78 is 0. The van der Waals surface area contributed by atoms with Crippen LogP contribution in [0.3, 0.4) is 0 Å². The molecule has 0 aliphatic rings. The van der Waals surface area contributed by atoms with Crippen LogP contribution in [0, 0.1) is 0 Å². The number of rotatable bonds is 16. The molecule has 0 fully saturated rings. The third-order valence-electron chi connectivity index (χ3n) is 15.3. The minimum atomic E-state index is -4.52. The summed E-state index contributed by atoms with van der Waals surface area (Å²) in [6, 6.07) is 146. The molecule has 0 spiro atoms. The number of halogens is 2. The van der Waals surface area contributed by atoms with Crippen LogP contribution in [0.1, 0.15) is 0 Å². The van der Waals surface area contributed by atoms with Gasteiger partial charge in [-0.2, -0.15) is 0 Å². The van der Waals surface area contributed by atoms with Crippen LogP contribution in [0.2, 0.25) is 0 Å². The predicted octanol–water partition coefficient (Wildman–Crippen LogP) is 14.1. The van der Waals surface area contributed by atoms with Crippen LogP contribution in [0.15, 0.2) is 364 Å². The van der Waals surface area contributed by atoms with Gasteiger partial charge in [0.1, 0.15) is 0 Å². The van der Waals surface area contributed by atoms with Gasteiger partial charge in [0.15, 0.2) is 0 Å². The molecule has 0 aliphatic heterocycles. The maximum atomic E-state index is 4.81.